The highest BCUT2D eigenvalue weighted by Gasteiger charge is 2.10. The molecular weight excluding hydrogens is 240 g/mol. The molecule has 0 atom stereocenters. The van der Waals surface area contributed by atoms with Crippen molar-refractivity contribution in [3.05, 3.63) is 40.9 Å². The minimum absolute atomic E-state index is 0.176. The van der Waals surface area contributed by atoms with E-state index in [0.717, 1.165) is 0 Å². The molecule has 1 aromatic carbocycles. The van der Waals surface area contributed by atoms with Crippen LogP contribution in [0, 0.1) is 0 Å². The Kier molecular flexibility index (Phi) is 5.57. The Hall–Kier alpha value is -1.48. The normalized spacial score (nSPS) is 11.1. The van der Waals surface area contributed by atoms with E-state index < -0.39 is 0 Å². The van der Waals surface area contributed by atoms with Crippen LogP contribution in [0.3, 0.4) is 0 Å². The molecule has 0 N–H and O–H groups in total. The molecule has 0 aliphatic carbocycles. The Morgan fingerprint density at radius 1 is 1.47 bits per heavy atom. The van der Waals surface area contributed by atoms with E-state index in [1.165, 1.54) is 0 Å². The summed E-state index contributed by atoms with van der Waals surface area (Å²) in [4.78, 5) is 11.5. The highest BCUT2D eigenvalue weighted by atomic mass is 35.5. The van der Waals surface area contributed by atoms with Gasteiger partial charge in [-0.2, -0.15) is 0 Å². The molecule has 0 aliphatic rings. The highest BCUT2D eigenvalue weighted by molar-refractivity contribution is 6.30. The van der Waals surface area contributed by atoms with E-state index in [9.17, 15) is 4.79 Å². The molecule has 0 spiro atoms. The van der Waals surface area contributed by atoms with E-state index in [0.29, 0.717) is 23.0 Å². The average molecular weight is 255 g/mol. The summed E-state index contributed by atoms with van der Waals surface area (Å²) >= 11 is 5.82. The first-order chi connectivity index (χ1) is 8.17. The number of carbonyl (C=O) groups is 1. The Labute approximate surface area is 106 Å². The maximum atomic E-state index is 11.5. The summed E-state index contributed by atoms with van der Waals surface area (Å²) < 4.78 is 10.3. The average Bonchev–Trinajstić information content (AvgIpc) is 2.30. The van der Waals surface area contributed by atoms with E-state index in [1.54, 1.807) is 44.2 Å². The minimum Gasteiger partial charge on any atom is -0.489 e. The third-order valence-corrected chi connectivity index (χ3v) is 2.31. The van der Waals surface area contributed by atoms with Crippen molar-refractivity contribution in [3.8, 4) is 5.75 Å². The molecule has 4 heteroatoms. The van der Waals surface area contributed by atoms with E-state index >= 15 is 0 Å². The lowest BCUT2D eigenvalue weighted by atomic mass is 10.2. The van der Waals surface area contributed by atoms with Crippen LogP contribution in [0.5, 0.6) is 5.75 Å². The van der Waals surface area contributed by atoms with Crippen molar-refractivity contribution < 1.29 is 14.3 Å². The lowest BCUT2D eigenvalue weighted by Crippen LogP contribution is -2.14. The molecule has 1 rings (SSSR count). The summed E-state index contributed by atoms with van der Waals surface area (Å²) in [6, 6.07) is 7.03. The molecule has 0 saturated heterocycles. The van der Waals surface area contributed by atoms with Gasteiger partial charge in [0.2, 0.25) is 0 Å². The summed E-state index contributed by atoms with van der Waals surface area (Å²) in [5.41, 5.74) is 0.492. The number of carbonyl (C=O) groups excluding carboxylic acids is 1. The number of hydrogen-bond donors (Lipinski definition) is 0. The summed E-state index contributed by atoms with van der Waals surface area (Å²) in [7, 11) is 0. The van der Waals surface area contributed by atoms with Crippen LogP contribution < -0.4 is 4.74 Å². The summed E-state index contributed by atoms with van der Waals surface area (Å²) in [5.74, 6) is 0.276. The van der Waals surface area contributed by atoms with E-state index in [-0.39, 0.29) is 12.6 Å². The third kappa shape index (κ3) is 4.49. The summed E-state index contributed by atoms with van der Waals surface area (Å²) in [5, 5.41) is 0.598. The van der Waals surface area contributed by atoms with Gasteiger partial charge in [0.1, 0.15) is 12.4 Å². The van der Waals surface area contributed by atoms with E-state index in [4.69, 9.17) is 21.1 Å². The minimum atomic E-state index is -0.350. The van der Waals surface area contributed by atoms with Gasteiger partial charge >= 0.3 is 5.97 Å². The highest BCUT2D eigenvalue weighted by Crippen LogP contribution is 2.17. The van der Waals surface area contributed by atoms with Crippen LogP contribution >= 0.6 is 11.6 Å². The number of ether oxygens (including phenoxy) is 2. The second kappa shape index (κ2) is 6.97. The number of hydrogen-bond acceptors (Lipinski definition) is 3. The predicted molar refractivity (Wildman–Crippen MR) is 67.3 cm³/mol. The Balaban J connectivity index is 2.57. The van der Waals surface area contributed by atoms with Crippen LogP contribution in [0.25, 0.3) is 0 Å². The van der Waals surface area contributed by atoms with Crippen molar-refractivity contribution in [2.24, 2.45) is 0 Å². The molecule has 0 aromatic heterocycles. The predicted octanol–water partition coefficient (Wildman–Crippen LogP) is 3.23. The van der Waals surface area contributed by atoms with Crippen molar-refractivity contribution in [1.29, 1.82) is 0 Å². The van der Waals surface area contributed by atoms with Crippen LogP contribution in [-0.2, 0) is 9.53 Å². The van der Waals surface area contributed by atoms with Gasteiger partial charge in [0.25, 0.3) is 0 Å². The molecule has 0 amide bonds. The number of esters is 1. The van der Waals surface area contributed by atoms with Gasteiger partial charge in [0.15, 0.2) is 0 Å². The molecule has 17 heavy (non-hydrogen) atoms. The van der Waals surface area contributed by atoms with Gasteiger partial charge < -0.3 is 9.47 Å². The van der Waals surface area contributed by atoms with Crippen LogP contribution in [0.15, 0.2) is 35.9 Å². The summed E-state index contributed by atoms with van der Waals surface area (Å²) in [6.07, 6.45) is 1.68. The zero-order valence-electron chi connectivity index (χ0n) is 9.90. The number of halogens is 1. The maximum Gasteiger partial charge on any atom is 0.337 e. The molecule has 0 saturated carbocycles. The molecule has 1 aromatic rings. The molecule has 0 aliphatic heterocycles. The molecule has 0 fully saturated rings. The van der Waals surface area contributed by atoms with Crippen molar-refractivity contribution in [2.45, 2.75) is 13.8 Å². The van der Waals surface area contributed by atoms with Crippen LogP contribution in [0.4, 0.5) is 0 Å². The van der Waals surface area contributed by atoms with Crippen molar-refractivity contribution in [3.63, 3.8) is 0 Å². The molecule has 0 heterocycles. The fourth-order valence-corrected chi connectivity index (χ4v) is 1.38. The topological polar surface area (TPSA) is 35.5 Å². The van der Waals surface area contributed by atoms with Crippen LogP contribution in [-0.4, -0.2) is 19.2 Å². The molecule has 3 nitrogen and oxygen atoms in total. The lowest BCUT2D eigenvalue weighted by Gasteiger charge is -2.09. The number of allylic oxidation sites excluding steroid dienone is 1. The zero-order chi connectivity index (χ0) is 12.7. The van der Waals surface area contributed by atoms with E-state index in [2.05, 4.69) is 0 Å². The smallest absolute Gasteiger partial charge is 0.337 e. The van der Waals surface area contributed by atoms with Gasteiger partial charge in [-0.15, -0.1) is 0 Å². The molecule has 0 radical (unpaired) electrons. The first kappa shape index (κ1) is 13.6. The van der Waals surface area contributed by atoms with Gasteiger partial charge in [0.05, 0.1) is 12.2 Å². The summed E-state index contributed by atoms with van der Waals surface area (Å²) in [6.45, 7) is 4.07. The number of rotatable bonds is 5. The quantitative estimate of drug-likeness (QED) is 0.598. The Morgan fingerprint density at radius 2 is 2.24 bits per heavy atom. The van der Waals surface area contributed by atoms with Crippen molar-refractivity contribution in [1.82, 2.24) is 0 Å². The standard InChI is InChI=1S/C13H15ClO3/c1-3-10(13(15)16-4-2)9-17-12-7-5-6-11(14)8-12/h3,5-8H,4,9H2,1-2H3/b10-3+. The van der Waals surface area contributed by atoms with Gasteiger partial charge in [-0.25, -0.2) is 4.79 Å². The van der Waals surface area contributed by atoms with E-state index in [1.807, 2.05) is 0 Å². The molecule has 0 unspecified atom stereocenters. The molecule has 0 bridgehead atoms. The van der Waals surface area contributed by atoms with Crippen molar-refractivity contribution >= 4 is 17.6 Å². The largest absolute Gasteiger partial charge is 0.489 e. The first-order valence-corrected chi connectivity index (χ1v) is 5.75. The third-order valence-electron chi connectivity index (χ3n) is 2.08. The van der Waals surface area contributed by atoms with Gasteiger partial charge in [0, 0.05) is 5.02 Å². The first-order valence-electron chi connectivity index (χ1n) is 5.38. The maximum absolute atomic E-state index is 11.5. The molecule has 92 valence electrons. The molecular formula is C13H15ClO3. The second-order valence-electron chi connectivity index (χ2n) is 3.28. The SMILES string of the molecule is C/C=C(\COc1cccc(Cl)c1)C(=O)OCC. The monoisotopic (exact) mass is 254 g/mol. The second-order valence-corrected chi connectivity index (χ2v) is 3.72. The fraction of sp³-hybridized carbons (Fsp3) is 0.308. The number of benzene rings is 1. The zero-order valence-corrected chi connectivity index (χ0v) is 10.7. The fourth-order valence-electron chi connectivity index (χ4n) is 1.20. The Bertz CT molecular complexity index is 413. The van der Waals surface area contributed by atoms with Crippen LogP contribution in [0.1, 0.15) is 13.8 Å². The van der Waals surface area contributed by atoms with Crippen molar-refractivity contribution in [2.75, 3.05) is 13.2 Å². The van der Waals surface area contributed by atoms with Gasteiger partial charge in [-0.1, -0.05) is 23.7 Å². The Morgan fingerprint density at radius 3 is 2.82 bits per heavy atom. The van der Waals surface area contributed by atoms with Gasteiger partial charge in [-0.3, -0.25) is 0 Å². The lowest BCUT2D eigenvalue weighted by molar-refractivity contribution is -0.138. The van der Waals surface area contributed by atoms with Gasteiger partial charge in [-0.05, 0) is 32.0 Å². The van der Waals surface area contributed by atoms with Crippen LogP contribution in [0.2, 0.25) is 5.02 Å².